The second kappa shape index (κ2) is 5.48. The summed E-state index contributed by atoms with van der Waals surface area (Å²) >= 11 is 6.00. The summed E-state index contributed by atoms with van der Waals surface area (Å²) < 4.78 is 0. The van der Waals surface area contributed by atoms with Gasteiger partial charge in [-0.05, 0) is 43.4 Å². The maximum Gasteiger partial charge on any atom is 0.0670 e. The van der Waals surface area contributed by atoms with E-state index in [1.54, 1.807) is 0 Å². The fourth-order valence-corrected chi connectivity index (χ4v) is 2.43. The molecule has 1 aliphatic rings. The van der Waals surface area contributed by atoms with Crippen molar-refractivity contribution in [1.82, 2.24) is 5.43 Å². The van der Waals surface area contributed by atoms with Gasteiger partial charge in [0.1, 0.15) is 0 Å². The van der Waals surface area contributed by atoms with Crippen molar-refractivity contribution in [1.29, 1.82) is 0 Å². The molecule has 0 amide bonds. The molecule has 1 atom stereocenters. The van der Waals surface area contributed by atoms with Crippen LogP contribution in [0.15, 0.2) is 35.9 Å². The molecule has 3 N–H and O–H groups in total. The topological polar surface area (TPSA) is 38.0 Å². The Morgan fingerprint density at radius 1 is 1.31 bits per heavy atom. The predicted octanol–water partition coefficient (Wildman–Crippen LogP) is 3.34. The summed E-state index contributed by atoms with van der Waals surface area (Å²) in [6.45, 7) is 0. The summed E-state index contributed by atoms with van der Waals surface area (Å²) in [6.07, 6.45) is 7.13. The van der Waals surface area contributed by atoms with Gasteiger partial charge in [0.05, 0.1) is 6.04 Å². The SMILES string of the molecule is NNC(C1=CCCCC1)c1cccc(Cl)c1. The van der Waals surface area contributed by atoms with Crippen LogP contribution in [0.1, 0.15) is 37.3 Å². The Balaban J connectivity index is 2.25. The summed E-state index contributed by atoms with van der Waals surface area (Å²) in [4.78, 5) is 0. The lowest BCUT2D eigenvalue weighted by Gasteiger charge is -2.23. The molecule has 2 nitrogen and oxygen atoms in total. The lowest BCUT2D eigenvalue weighted by atomic mass is 9.90. The average Bonchev–Trinajstić information content (AvgIpc) is 2.31. The van der Waals surface area contributed by atoms with Crippen LogP contribution in [0.3, 0.4) is 0 Å². The van der Waals surface area contributed by atoms with Crippen LogP contribution in [-0.4, -0.2) is 0 Å². The minimum absolute atomic E-state index is 0.110. The van der Waals surface area contributed by atoms with Crippen LogP contribution >= 0.6 is 11.6 Å². The van der Waals surface area contributed by atoms with Gasteiger partial charge in [0.15, 0.2) is 0 Å². The first-order valence-electron chi connectivity index (χ1n) is 5.72. The van der Waals surface area contributed by atoms with Crippen LogP contribution in [0.4, 0.5) is 0 Å². The standard InChI is InChI=1S/C13H17ClN2/c14-12-8-4-7-11(9-12)13(16-15)10-5-2-1-3-6-10/h4-5,7-9,13,16H,1-3,6,15H2. The van der Waals surface area contributed by atoms with Crippen molar-refractivity contribution in [2.24, 2.45) is 5.84 Å². The number of hydrogen-bond donors (Lipinski definition) is 2. The van der Waals surface area contributed by atoms with Gasteiger partial charge in [-0.1, -0.05) is 35.4 Å². The molecule has 86 valence electrons. The molecule has 1 aromatic carbocycles. The zero-order chi connectivity index (χ0) is 11.4. The highest BCUT2D eigenvalue weighted by molar-refractivity contribution is 6.30. The van der Waals surface area contributed by atoms with E-state index in [4.69, 9.17) is 17.4 Å². The van der Waals surface area contributed by atoms with Crippen molar-refractivity contribution in [3.05, 3.63) is 46.5 Å². The summed E-state index contributed by atoms with van der Waals surface area (Å²) in [6, 6.07) is 7.99. The van der Waals surface area contributed by atoms with Gasteiger partial charge in [-0.15, -0.1) is 0 Å². The van der Waals surface area contributed by atoms with Crippen molar-refractivity contribution >= 4 is 11.6 Å². The Labute approximate surface area is 101 Å². The molecule has 1 unspecified atom stereocenters. The minimum Gasteiger partial charge on any atom is -0.271 e. The molecule has 0 bridgehead atoms. The largest absolute Gasteiger partial charge is 0.271 e. The number of hydrogen-bond acceptors (Lipinski definition) is 2. The monoisotopic (exact) mass is 236 g/mol. The predicted molar refractivity (Wildman–Crippen MR) is 68.1 cm³/mol. The molecular formula is C13H17ClN2. The Kier molecular flexibility index (Phi) is 3.99. The van der Waals surface area contributed by atoms with Gasteiger partial charge >= 0.3 is 0 Å². The molecule has 0 aromatic heterocycles. The summed E-state index contributed by atoms with van der Waals surface area (Å²) in [7, 11) is 0. The van der Waals surface area contributed by atoms with E-state index in [9.17, 15) is 0 Å². The number of benzene rings is 1. The molecule has 0 fully saturated rings. The second-order valence-corrected chi connectivity index (χ2v) is 4.62. The fourth-order valence-electron chi connectivity index (χ4n) is 2.23. The highest BCUT2D eigenvalue weighted by Crippen LogP contribution is 2.30. The van der Waals surface area contributed by atoms with Crippen LogP contribution in [0.25, 0.3) is 0 Å². The van der Waals surface area contributed by atoms with E-state index >= 15 is 0 Å². The molecule has 0 aliphatic heterocycles. The van der Waals surface area contributed by atoms with Crippen molar-refractivity contribution in [2.75, 3.05) is 0 Å². The van der Waals surface area contributed by atoms with Crippen LogP contribution in [0.2, 0.25) is 5.02 Å². The molecule has 0 saturated carbocycles. The minimum atomic E-state index is 0.110. The van der Waals surface area contributed by atoms with Crippen LogP contribution in [0, 0.1) is 0 Å². The van der Waals surface area contributed by atoms with Crippen molar-refractivity contribution < 1.29 is 0 Å². The number of allylic oxidation sites excluding steroid dienone is 1. The van der Waals surface area contributed by atoms with Gasteiger partial charge in [-0.2, -0.15) is 0 Å². The molecule has 16 heavy (non-hydrogen) atoms. The van der Waals surface area contributed by atoms with Gasteiger partial charge in [0, 0.05) is 5.02 Å². The van der Waals surface area contributed by atoms with Crippen molar-refractivity contribution in [3.63, 3.8) is 0 Å². The lowest BCUT2D eigenvalue weighted by Crippen LogP contribution is -2.30. The summed E-state index contributed by atoms with van der Waals surface area (Å²) in [5.41, 5.74) is 5.42. The summed E-state index contributed by atoms with van der Waals surface area (Å²) in [5.74, 6) is 5.65. The molecule has 0 radical (unpaired) electrons. The molecule has 1 aromatic rings. The van der Waals surface area contributed by atoms with E-state index < -0.39 is 0 Å². The van der Waals surface area contributed by atoms with E-state index in [1.165, 1.54) is 18.4 Å². The third-order valence-electron chi connectivity index (χ3n) is 3.05. The molecule has 3 heteroatoms. The highest BCUT2D eigenvalue weighted by atomic mass is 35.5. The van der Waals surface area contributed by atoms with Crippen LogP contribution in [0.5, 0.6) is 0 Å². The molecule has 0 heterocycles. The van der Waals surface area contributed by atoms with E-state index in [1.807, 2.05) is 18.2 Å². The Morgan fingerprint density at radius 3 is 2.81 bits per heavy atom. The number of rotatable bonds is 3. The first-order chi connectivity index (χ1) is 7.81. The number of halogens is 1. The Bertz CT molecular complexity index is 387. The number of nitrogens with one attached hydrogen (secondary N) is 1. The number of hydrazine groups is 1. The molecule has 0 spiro atoms. The zero-order valence-electron chi connectivity index (χ0n) is 9.25. The Hall–Kier alpha value is -0.830. The maximum atomic E-state index is 6.00. The highest BCUT2D eigenvalue weighted by Gasteiger charge is 2.16. The van der Waals surface area contributed by atoms with Gasteiger partial charge in [0.2, 0.25) is 0 Å². The van der Waals surface area contributed by atoms with E-state index in [2.05, 4.69) is 17.6 Å². The Morgan fingerprint density at radius 2 is 2.19 bits per heavy atom. The van der Waals surface area contributed by atoms with E-state index in [0.717, 1.165) is 23.4 Å². The lowest BCUT2D eigenvalue weighted by molar-refractivity contribution is 0.566. The normalized spacial score (nSPS) is 18.0. The van der Waals surface area contributed by atoms with Gasteiger partial charge in [-0.25, -0.2) is 5.43 Å². The average molecular weight is 237 g/mol. The van der Waals surface area contributed by atoms with Gasteiger partial charge in [0.25, 0.3) is 0 Å². The van der Waals surface area contributed by atoms with Crippen LogP contribution < -0.4 is 11.3 Å². The first-order valence-corrected chi connectivity index (χ1v) is 6.09. The third kappa shape index (κ3) is 2.64. The molecule has 1 aliphatic carbocycles. The fraction of sp³-hybridized carbons (Fsp3) is 0.385. The van der Waals surface area contributed by atoms with Crippen molar-refractivity contribution in [2.45, 2.75) is 31.7 Å². The third-order valence-corrected chi connectivity index (χ3v) is 3.28. The van der Waals surface area contributed by atoms with Crippen molar-refractivity contribution in [3.8, 4) is 0 Å². The van der Waals surface area contributed by atoms with Gasteiger partial charge < -0.3 is 0 Å². The van der Waals surface area contributed by atoms with Crippen LogP contribution in [-0.2, 0) is 0 Å². The van der Waals surface area contributed by atoms with E-state index in [0.29, 0.717) is 0 Å². The zero-order valence-corrected chi connectivity index (χ0v) is 10.0. The van der Waals surface area contributed by atoms with Gasteiger partial charge in [-0.3, -0.25) is 5.84 Å². The quantitative estimate of drug-likeness (QED) is 0.480. The van der Waals surface area contributed by atoms with E-state index in [-0.39, 0.29) is 6.04 Å². The summed E-state index contributed by atoms with van der Waals surface area (Å²) in [5, 5.41) is 0.758. The number of nitrogens with two attached hydrogens (primary N) is 1. The smallest absolute Gasteiger partial charge is 0.0670 e. The molecule has 0 saturated heterocycles. The second-order valence-electron chi connectivity index (χ2n) is 4.18. The maximum absolute atomic E-state index is 6.00. The molecular weight excluding hydrogens is 220 g/mol. The molecule has 2 rings (SSSR count). The first kappa shape index (κ1) is 11.6.